The maximum atomic E-state index is 13.4. The van der Waals surface area contributed by atoms with Crippen LogP contribution in [-0.4, -0.2) is 66.6 Å². The number of carbonyl (C=O) groups excluding carboxylic acids is 4. The van der Waals surface area contributed by atoms with Gasteiger partial charge in [0.05, 0.1) is 24.6 Å². The van der Waals surface area contributed by atoms with Crippen LogP contribution in [-0.2, 0) is 26.2 Å². The van der Waals surface area contributed by atoms with Gasteiger partial charge < -0.3 is 31.1 Å². The molecule has 0 unspecified atom stereocenters. The fourth-order valence-corrected chi connectivity index (χ4v) is 4.83. The largest absolute Gasteiger partial charge is 0.491 e. The predicted molar refractivity (Wildman–Crippen MR) is 161 cm³/mol. The molecule has 5 N–H and O–H groups in total. The molecule has 3 aromatic rings. The van der Waals surface area contributed by atoms with Gasteiger partial charge >= 0.3 is 0 Å². The van der Waals surface area contributed by atoms with Gasteiger partial charge in [-0.1, -0.05) is 68.4 Å². The average Bonchev–Trinajstić information content (AvgIpc) is 3.01. The Balaban J connectivity index is 1.57. The van der Waals surface area contributed by atoms with Crippen LogP contribution in [0.15, 0.2) is 78.9 Å². The molecule has 4 rings (SSSR count). The summed E-state index contributed by atoms with van der Waals surface area (Å²) in [6, 6.07) is 18.6. The number of carbonyl (C=O) groups is 4. The summed E-state index contributed by atoms with van der Waals surface area (Å²) in [7, 11) is 0. The van der Waals surface area contributed by atoms with E-state index in [-0.39, 0.29) is 30.3 Å². The molecule has 3 atom stereocenters. The first kappa shape index (κ1) is 32.2. The SMILES string of the molecule is CC(C)(CNC(=O)[C@@H]1CC(=O)N[C@@H](CO)C(=O)N[C@H](Cc2ccccc2)COc2ccccc2C(=O)N1)c1ccc(F)cc1. The minimum absolute atomic E-state index is 0.0145. The first-order valence-corrected chi connectivity index (χ1v) is 14.4. The Bertz CT molecular complexity index is 1460. The number of hydrogen-bond acceptors (Lipinski definition) is 6. The summed E-state index contributed by atoms with van der Waals surface area (Å²) in [6.45, 7) is 3.15. The van der Waals surface area contributed by atoms with Gasteiger partial charge in [-0.3, -0.25) is 19.2 Å². The van der Waals surface area contributed by atoms with Crippen molar-refractivity contribution in [3.05, 3.63) is 101 Å². The van der Waals surface area contributed by atoms with Gasteiger partial charge in [-0.15, -0.1) is 0 Å². The molecule has 0 bridgehead atoms. The molecule has 1 heterocycles. The number of nitrogens with one attached hydrogen (secondary N) is 4. The average molecular weight is 605 g/mol. The number of amides is 4. The van der Waals surface area contributed by atoms with Gasteiger partial charge in [0, 0.05) is 12.0 Å². The van der Waals surface area contributed by atoms with Crippen LogP contribution in [0.4, 0.5) is 4.39 Å². The number of para-hydroxylation sites is 1. The highest BCUT2D eigenvalue weighted by Crippen LogP contribution is 2.23. The highest BCUT2D eigenvalue weighted by molar-refractivity contribution is 6.01. The van der Waals surface area contributed by atoms with Crippen LogP contribution >= 0.6 is 0 Å². The molecule has 0 aliphatic carbocycles. The Hall–Kier alpha value is -4.77. The minimum atomic E-state index is -1.32. The maximum absolute atomic E-state index is 13.4. The van der Waals surface area contributed by atoms with Crippen LogP contribution in [0.5, 0.6) is 5.75 Å². The Morgan fingerprint density at radius 3 is 2.34 bits per heavy atom. The van der Waals surface area contributed by atoms with Crippen molar-refractivity contribution >= 4 is 23.6 Å². The molecule has 0 fully saturated rings. The lowest BCUT2D eigenvalue weighted by Crippen LogP contribution is -2.55. The third-order valence-corrected chi connectivity index (χ3v) is 7.42. The minimum Gasteiger partial charge on any atom is -0.491 e. The summed E-state index contributed by atoms with van der Waals surface area (Å²) < 4.78 is 19.5. The van der Waals surface area contributed by atoms with E-state index in [1.54, 1.807) is 30.3 Å². The van der Waals surface area contributed by atoms with E-state index >= 15 is 0 Å². The van der Waals surface area contributed by atoms with Crippen LogP contribution in [0.25, 0.3) is 0 Å². The van der Waals surface area contributed by atoms with E-state index in [9.17, 15) is 28.7 Å². The summed E-state index contributed by atoms with van der Waals surface area (Å²) in [5.74, 6) is -2.77. The summed E-state index contributed by atoms with van der Waals surface area (Å²) in [5, 5.41) is 20.6. The zero-order chi connectivity index (χ0) is 31.7. The standard InChI is InChI=1S/C33H37FN4O6/c1-33(2,22-12-14-23(34)15-13-22)20-35-31(42)26-17-29(40)37-27(18-39)32(43)36-24(16-21-8-4-3-5-9-21)19-44-28-11-7-6-10-25(28)30(41)38-26/h3-15,24,26-27,39H,16-20H2,1-2H3,(H,35,42)(H,36,43)(H,37,40)(H,38,41)/t24-,26+,27+/m1/s1. The van der Waals surface area contributed by atoms with Crippen molar-refractivity contribution in [2.45, 2.75) is 50.2 Å². The monoisotopic (exact) mass is 604 g/mol. The third kappa shape index (κ3) is 8.63. The van der Waals surface area contributed by atoms with Gasteiger partial charge in [0.15, 0.2) is 0 Å². The molecule has 1 aliphatic rings. The molecule has 232 valence electrons. The Morgan fingerprint density at radius 2 is 1.64 bits per heavy atom. The van der Waals surface area contributed by atoms with E-state index in [1.807, 2.05) is 44.2 Å². The molecule has 3 aromatic carbocycles. The van der Waals surface area contributed by atoms with Crippen LogP contribution in [0, 0.1) is 5.82 Å². The Morgan fingerprint density at radius 1 is 0.955 bits per heavy atom. The Labute approximate surface area is 255 Å². The summed E-state index contributed by atoms with van der Waals surface area (Å²) in [6.07, 6.45) is -0.113. The molecular weight excluding hydrogens is 567 g/mol. The molecule has 1 aliphatic heterocycles. The highest BCUT2D eigenvalue weighted by atomic mass is 19.1. The zero-order valence-electron chi connectivity index (χ0n) is 24.6. The summed E-state index contributed by atoms with van der Waals surface area (Å²) in [4.78, 5) is 53.0. The van der Waals surface area contributed by atoms with Crippen molar-refractivity contribution < 1.29 is 33.4 Å². The number of halogens is 1. The molecule has 0 saturated carbocycles. The van der Waals surface area contributed by atoms with E-state index in [2.05, 4.69) is 21.3 Å². The maximum Gasteiger partial charge on any atom is 0.255 e. The lowest BCUT2D eigenvalue weighted by atomic mass is 9.84. The molecule has 0 radical (unpaired) electrons. The molecule has 0 aromatic heterocycles. The van der Waals surface area contributed by atoms with Crippen molar-refractivity contribution in [1.29, 1.82) is 0 Å². The second-order valence-electron chi connectivity index (χ2n) is 11.3. The molecule has 11 heteroatoms. The fraction of sp³-hybridized carbons (Fsp3) is 0.333. The summed E-state index contributed by atoms with van der Waals surface area (Å²) >= 11 is 0. The topological polar surface area (TPSA) is 146 Å². The number of fused-ring (bicyclic) bond motifs is 1. The zero-order valence-corrected chi connectivity index (χ0v) is 24.6. The molecule has 10 nitrogen and oxygen atoms in total. The van der Waals surface area contributed by atoms with E-state index in [1.165, 1.54) is 18.2 Å². The molecular formula is C33H37FN4O6. The number of hydrogen-bond donors (Lipinski definition) is 5. The van der Waals surface area contributed by atoms with Crippen molar-refractivity contribution in [2.24, 2.45) is 0 Å². The van der Waals surface area contributed by atoms with Crippen molar-refractivity contribution in [2.75, 3.05) is 19.8 Å². The van der Waals surface area contributed by atoms with Crippen LogP contribution in [0.3, 0.4) is 0 Å². The van der Waals surface area contributed by atoms with Crippen LogP contribution in [0.2, 0.25) is 0 Å². The second-order valence-corrected chi connectivity index (χ2v) is 11.3. The normalized spacial score (nSPS) is 19.7. The number of ether oxygens (including phenoxy) is 1. The van der Waals surface area contributed by atoms with Crippen molar-refractivity contribution in [1.82, 2.24) is 21.3 Å². The predicted octanol–water partition coefficient (Wildman–Crippen LogP) is 2.01. The van der Waals surface area contributed by atoms with E-state index in [0.717, 1.165) is 11.1 Å². The second kappa shape index (κ2) is 14.6. The lowest BCUT2D eigenvalue weighted by molar-refractivity contribution is -0.132. The number of aliphatic hydroxyl groups excluding tert-OH is 1. The number of benzene rings is 3. The lowest BCUT2D eigenvalue weighted by Gasteiger charge is -2.28. The smallest absolute Gasteiger partial charge is 0.255 e. The Kier molecular flexibility index (Phi) is 10.7. The van der Waals surface area contributed by atoms with E-state index in [0.29, 0.717) is 6.42 Å². The van der Waals surface area contributed by atoms with Crippen molar-refractivity contribution in [3.63, 3.8) is 0 Å². The molecule has 0 spiro atoms. The highest BCUT2D eigenvalue weighted by Gasteiger charge is 2.31. The van der Waals surface area contributed by atoms with Crippen LogP contribution in [0.1, 0.15) is 41.8 Å². The van der Waals surface area contributed by atoms with Crippen LogP contribution < -0.4 is 26.0 Å². The summed E-state index contributed by atoms with van der Waals surface area (Å²) in [5.41, 5.74) is 1.25. The van der Waals surface area contributed by atoms with Gasteiger partial charge in [0.2, 0.25) is 17.7 Å². The van der Waals surface area contributed by atoms with Gasteiger partial charge in [0.1, 0.15) is 30.3 Å². The van der Waals surface area contributed by atoms with Crippen molar-refractivity contribution in [3.8, 4) is 5.75 Å². The molecule has 44 heavy (non-hydrogen) atoms. The van der Waals surface area contributed by atoms with Gasteiger partial charge in [-0.2, -0.15) is 0 Å². The van der Waals surface area contributed by atoms with Gasteiger partial charge in [-0.25, -0.2) is 4.39 Å². The first-order chi connectivity index (χ1) is 21.1. The van der Waals surface area contributed by atoms with Gasteiger partial charge in [-0.05, 0) is 41.8 Å². The fourth-order valence-electron chi connectivity index (χ4n) is 4.83. The van der Waals surface area contributed by atoms with E-state index < -0.39 is 60.2 Å². The number of aliphatic hydroxyl groups is 1. The van der Waals surface area contributed by atoms with Gasteiger partial charge in [0.25, 0.3) is 5.91 Å². The molecule has 0 saturated heterocycles. The third-order valence-electron chi connectivity index (χ3n) is 7.42. The molecule has 4 amide bonds. The quantitative estimate of drug-likeness (QED) is 0.279. The first-order valence-electron chi connectivity index (χ1n) is 14.4. The van der Waals surface area contributed by atoms with E-state index in [4.69, 9.17) is 4.74 Å². The number of rotatable bonds is 7.